The van der Waals surface area contributed by atoms with Crippen LogP contribution in [0.4, 0.5) is 0 Å². The molecule has 1 saturated heterocycles. The molecule has 0 spiro atoms. The molecule has 0 aromatic heterocycles. The third-order valence-corrected chi connectivity index (χ3v) is 2.67. The van der Waals surface area contributed by atoms with Gasteiger partial charge in [0.15, 0.2) is 0 Å². The normalized spacial score (nSPS) is 20.0. The Morgan fingerprint density at radius 1 is 1.38 bits per heavy atom. The quantitative estimate of drug-likeness (QED) is 0.612. The molecule has 1 fully saturated rings. The number of hydrogen-bond acceptors (Lipinski definition) is 2. The van der Waals surface area contributed by atoms with Gasteiger partial charge in [-0.05, 0) is 39.8 Å². The van der Waals surface area contributed by atoms with Crippen molar-refractivity contribution in [1.29, 1.82) is 0 Å². The van der Waals surface area contributed by atoms with Crippen LogP contribution in [0.2, 0.25) is 0 Å². The Labute approximate surface area is 81.5 Å². The maximum Gasteiger partial charge on any atom is 0.0551 e. The predicted octanol–water partition coefficient (Wildman–Crippen LogP) is 1.07. The Balaban J connectivity index is 2.30. The minimum absolute atomic E-state index is 0.504. The summed E-state index contributed by atoms with van der Waals surface area (Å²) < 4.78 is 0. The highest BCUT2D eigenvalue weighted by atomic mass is 15.1. The van der Waals surface area contributed by atoms with Crippen LogP contribution in [-0.2, 0) is 0 Å². The van der Waals surface area contributed by atoms with Gasteiger partial charge >= 0.3 is 0 Å². The predicted molar refractivity (Wildman–Crippen MR) is 56.3 cm³/mol. The molecule has 0 aromatic carbocycles. The molecule has 1 aliphatic rings. The number of hydrogen-bond donors (Lipinski definition) is 1. The second kappa shape index (κ2) is 5.26. The van der Waals surface area contributed by atoms with Crippen LogP contribution < -0.4 is 5.73 Å². The smallest absolute Gasteiger partial charge is 0.0551 e. The minimum Gasteiger partial charge on any atom is -0.320 e. The van der Waals surface area contributed by atoms with Gasteiger partial charge in [0.1, 0.15) is 0 Å². The lowest BCUT2D eigenvalue weighted by atomic mass is 9.97. The van der Waals surface area contributed by atoms with Crippen molar-refractivity contribution in [3.05, 3.63) is 0 Å². The zero-order valence-electron chi connectivity index (χ0n) is 8.71. The molecule has 2 nitrogen and oxygen atoms in total. The Kier molecular flexibility index (Phi) is 4.27. The Morgan fingerprint density at radius 3 is 2.46 bits per heavy atom. The van der Waals surface area contributed by atoms with E-state index in [1.807, 2.05) is 0 Å². The summed E-state index contributed by atoms with van der Waals surface area (Å²) in [5, 5.41) is 0. The highest BCUT2D eigenvalue weighted by molar-refractivity contribution is 5.05. The summed E-state index contributed by atoms with van der Waals surface area (Å²) >= 11 is 0. The van der Waals surface area contributed by atoms with E-state index in [0.29, 0.717) is 18.5 Å². The largest absolute Gasteiger partial charge is 0.320 e. The molecular weight excluding hydrogens is 160 g/mol. The van der Waals surface area contributed by atoms with Crippen molar-refractivity contribution in [2.24, 2.45) is 11.7 Å². The average Bonchev–Trinajstić information content (AvgIpc) is 2.15. The fourth-order valence-electron chi connectivity index (χ4n) is 1.76. The first-order valence-corrected chi connectivity index (χ1v) is 5.16. The second-order valence-electron chi connectivity index (χ2n) is 3.93. The second-order valence-corrected chi connectivity index (χ2v) is 3.93. The first-order valence-electron chi connectivity index (χ1n) is 5.16. The van der Waals surface area contributed by atoms with Crippen LogP contribution >= 0.6 is 0 Å². The number of piperidine rings is 1. The molecule has 0 aliphatic carbocycles. The topological polar surface area (TPSA) is 29.3 Å². The Morgan fingerprint density at radius 2 is 2.00 bits per heavy atom. The van der Waals surface area contributed by atoms with Crippen LogP contribution in [0.1, 0.15) is 26.7 Å². The van der Waals surface area contributed by atoms with Crippen LogP contribution in [0.3, 0.4) is 0 Å². The van der Waals surface area contributed by atoms with Gasteiger partial charge in [0.25, 0.3) is 0 Å². The van der Waals surface area contributed by atoms with E-state index in [9.17, 15) is 0 Å². The summed E-state index contributed by atoms with van der Waals surface area (Å²) in [7, 11) is 0. The van der Waals surface area contributed by atoms with Crippen LogP contribution in [0, 0.1) is 17.8 Å². The van der Waals surface area contributed by atoms with Gasteiger partial charge in [-0.15, -0.1) is 0 Å². The maximum absolute atomic E-state index is 5.34. The van der Waals surface area contributed by atoms with E-state index >= 15 is 0 Å². The number of likely N-dealkylation sites (tertiary alicyclic amines) is 1. The molecule has 0 aromatic rings. The van der Waals surface area contributed by atoms with Crippen LogP contribution in [0.5, 0.6) is 0 Å². The molecule has 0 amide bonds. The molecule has 1 rings (SSSR count). The van der Waals surface area contributed by atoms with Crippen molar-refractivity contribution in [2.45, 2.75) is 32.7 Å². The summed E-state index contributed by atoms with van der Waals surface area (Å²) in [6.07, 6.45) is 2.43. The third kappa shape index (κ3) is 3.38. The van der Waals surface area contributed by atoms with Gasteiger partial charge in [-0.3, -0.25) is 0 Å². The molecule has 74 valence electrons. The first kappa shape index (κ1) is 10.6. The maximum atomic E-state index is 5.34. The van der Waals surface area contributed by atoms with Crippen LogP contribution in [-0.4, -0.2) is 30.6 Å². The number of nitrogens with zero attached hydrogens (tertiary/aromatic N) is 1. The number of nitrogens with two attached hydrogens (primary N) is 1. The van der Waals surface area contributed by atoms with E-state index in [4.69, 9.17) is 5.73 Å². The van der Waals surface area contributed by atoms with E-state index in [-0.39, 0.29) is 0 Å². The van der Waals surface area contributed by atoms with Crippen molar-refractivity contribution >= 4 is 0 Å². The summed E-state index contributed by atoms with van der Waals surface area (Å²) in [6.45, 7) is 7.41. The zero-order valence-corrected chi connectivity index (χ0v) is 8.71. The van der Waals surface area contributed by atoms with Crippen LogP contribution in [0.15, 0.2) is 0 Å². The lowest BCUT2D eigenvalue weighted by Crippen LogP contribution is -2.38. The summed E-state index contributed by atoms with van der Waals surface area (Å²) in [4.78, 5) is 2.51. The summed E-state index contributed by atoms with van der Waals surface area (Å²) in [5.41, 5.74) is 5.34. The molecule has 13 heavy (non-hydrogen) atoms. The molecule has 0 atom stereocenters. The van der Waals surface area contributed by atoms with E-state index in [2.05, 4.69) is 30.6 Å². The highest BCUT2D eigenvalue weighted by Gasteiger charge is 2.18. The summed E-state index contributed by atoms with van der Waals surface area (Å²) in [5.74, 6) is 6.80. The number of rotatable bonds is 1. The van der Waals surface area contributed by atoms with Crippen molar-refractivity contribution in [3.8, 4) is 11.8 Å². The molecule has 1 heterocycles. The summed E-state index contributed by atoms with van der Waals surface area (Å²) in [6, 6.07) is 0.684. The average molecular weight is 180 g/mol. The van der Waals surface area contributed by atoms with Gasteiger partial charge < -0.3 is 10.6 Å². The van der Waals surface area contributed by atoms with Gasteiger partial charge in [-0.25, -0.2) is 0 Å². The SMILES string of the molecule is CC(C)N1CCC(C#CCN)CC1. The minimum atomic E-state index is 0.504. The highest BCUT2D eigenvalue weighted by Crippen LogP contribution is 2.17. The van der Waals surface area contributed by atoms with Gasteiger partial charge in [0.05, 0.1) is 6.54 Å². The molecule has 0 saturated carbocycles. The molecule has 0 unspecified atom stereocenters. The fraction of sp³-hybridized carbons (Fsp3) is 0.818. The van der Waals surface area contributed by atoms with E-state index < -0.39 is 0 Å². The Hall–Kier alpha value is -0.520. The van der Waals surface area contributed by atoms with Crippen LogP contribution in [0.25, 0.3) is 0 Å². The first-order chi connectivity index (χ1) is 6.24. The molecule has 0 bridgehead atoms. The van der Waals surface area contributed by atoms with Crippen molar-refractivity contribution in [3.63, 3.8) is 0 Å². The van der Waals surface area contributed by atoms with E-state index in [1.165, 1.54) is 25.9 Å². The van der Waals surface area contributed by atoms with Gasteiger partial charge in [-0.1, -0.05) is 11.8 Å². The van der Waals surface area contributed by atoms with Gasteiger partial charge in [0, 0.05) is 12.0 Å². The monoisotopic (exact) mass is 180 g/mol. The Bertz CT molecular complexity index is 192. The third-order valence-electron chi connectivity index (χ3n) is 2.67. The lowest BCUT2D eigenvalue weighted by Gasteiger charge is -2.32. The fourth-order valence-corrected chi connectivity index (χ4v) is 1.76. The molecule has 2 heteroatoms. The van der Waals surface area contributed by atoms with Gasteiger partial charge in [-0.2, -0.15) is 0 Å². The van der Waals surface area contributed by atoms with Crippen molar-refractivity contribution in [1.82, 2.24) is 4.90 Å². The zero-order chi connectivity index (χ0) is 9.68. The molecule has 2 N–H and O–H groups in total. The molecular formula is C11H20N2. The van der Waals surface area contributed by atoms with Gasteiger partial charge in [0.2, 0.25) is 0 Å². The standard InChI is InChI=1S/C11H20N2/c1-10(2)13-8-5-11(6-9-13)4-3-7-12/h10-11H,5-9,12H2,1-2H3. The van der Waals surface area contributed by atoms with E-state index in [1.54, 1.807) is 0 Å². The van der Waals surface area contributed by atoms with Crippen molar-refractivity contribution < 1.29 is 0 Å². The molecule has 0 radical (unpaired) electrons. The lowest BCUT2D eigenvalue weighted by molar-refractivity contribution is 0.167. The van der Waals surface area contributed by atoms with Crippen molar-refractivity contribution in [2.75, 3.05) is 19.6 Å². The van der Waals surface area contributed by atoms with E-state index in [0.717, 1.165) is 0 Å². The molecule has 1 aliphatic heterocycles.